The van der Waals surface area contributed by atoms with Gasteiger partial charge in [-0.3, -0.25) is 4.79 Å². The zero-order valence-corrected chi connectivity index (χ0v) is 15.9. The Morgan fingerprint density at radius 1 is 1.21 bits per heavy atom. The van der Waals surface area contributed by atoms with Crippen LogP contribution >= 0.6 is 46.6 Å². The molecule has 1 heterocycles. The van der Waals surface area contributed by atoms with Crippen molar-refractivity contribution < 1.29 is 14.3 Å². The average Bonchev–Trinajstić information content (AvgIpc) is 2.85. The van der Waals surface area contributed by atoms with Gasteiger partial charge in [-0.2, -0.15) is 0 Å². The molecule has 0 aliphatic carbocycles. The third kappa shape index (κ3) is 4.03. The number of carbonyl (C=O) groups is 2. The van der Waals surface area contributed by atoms with E-state index in [-0.39, 0.29) is 5.91 Å². The number of benzene rings is 2. The lowest BCUT2D eigenvalue weighted by Crippen LogP contribution is -2.17. The van der Waals surface area contributed by atoms with Gasteiger partial charge in [0.15, 0.2) is 0 Å². The van der Waals surface area contributed by atoms with E-state index < -0.39 is 5.97 Å². The highest BCUT2D eigenvalue weighted by Gasteiger charge is 2.22. The first-order valence-electron chi connectivity index (χ1n) is 6.84. The number of nitrogens with one attached hydrogen (secondary N) is 1. The first kappa shape index (κ1) is 17.1. The van der Waals surface area contributed by atoms with E-state index >= 15 is 0 Å². The maximum absolute atomic E-state index is 12.3. The second kappa shape index (κ2) is 7.45. The molecule has 120 valence electrons. The highest BCUT2D eigenvalue weighted by Crippen LogP contribution is 2.27. The lowest BCUT2D eigenvalue weighted by atomic mass is 10.2. The SMILES string of the molecule is O=C1NC(=S)S/C1=C/c1cccc(OC(=O)c2ccccc2I)c1. The van der Waals surface area contributed by atoms with Crippen molar-refractivity contribution in [1.29, 1.82) is 0 Å². The van der Waals surface area contributed by atoms with Crippen LogP contribution in [0.3, 0.4) is 0 Å². The predicted octanol–water partition coefficient (Wildman–Crippen LogP) is 4.00. The zero-order chi connectivity index (χ0) is 17.1. The molecule has 0 aromatic heterocycles. The van der Waals surface area contributed by atoms with Crippen molar-refractivity contribution in [3.63, 3.8) is 0 Å². The summed E-state index contributed by atoms with van der Waals surface area (Å²) in [5.41, 5.74) is 1.27. The van der Waals surface area contributed by atoms with Crippen molar-refractivity contribution in [1.82, 2.24) is 5.32 Å². The van der Waals surface area contributed by atoms with Crippen molar-refractivity contribution in [2.45, 2.75) is 0 Å². The van der Waals surface area contributed by atoms with Crippen molar-refractivity contribution in [3.05, 3.63) is 68.1 Å². The Morgan fingerprint density at radius 3 is 2.71 bits per heavy atom. The Labute approximate surface area is 161 Å². The summed E-state index contributed by atoms with van der Waals surface area (Å²) in [5.74, 6) is -0.217. The van der Waals surface area contributed by atoms with Gasteiger partial charge in [0.1, 0.15) is 10.1 Å². The van der Waals surface area contributed by atoms with Crippen molar-refractivity contribution in [3.8, 4) is 5.75 Å². The standard InChI is InChI=1S/C17H10INO3S2/c18-13-7-2-1-6-12(13)16(21)22-11-5-3-4-10(8-11)9-14-15(20)19-17(23)24-14/h1-9H,(H,19,20,23)/b14-9+. The van der Waals surface area contributed by atoms with Gasteiger partial charge >= 0.3 is 5.97 Å². The van der Waals surface area contributed by atoms with Gasteiger partial charge in [-0.1, -0.05) is 48.2 Å². The Hall–Kier alpha value is -1.71. The molecule has 0 radical (unpaired) electrons. The summed E-state index contributed by atoms with van der Waals surface area (Å²) < 4.78 is 6.69. The van der Waals surface area contributed by atoms with Gasteiger partial charge in [-0.15, -0.1) is 0 Å². The molecule has 0 atom stereocenters. The Morgan fingerprint density at radius 2 is 2.00 bits per heavy atom. The molecule has 24 heavy (non-hydrogen) atoms. The van der Waals surface area contributed by atoms with Gasteiger partial charge < -0.3 is 10.1 Å². The van der Waals surface area contributed by atoms with Crippen LogP contribution < -0.4 is 10.1 Å². The fourth-order valence-corrected chi connectivity index (χ4v) is 3.68. The second-order valence-electron chi connectivity index (χ2n) is 4.79. The van der Waals surface area contributed by atoms with Crippen molar-refractivity contribution in [2.24, 2.45) is 0 Å². The van der Waals surface area contributed by atoms with Crippen LogP contribution in [-0.2, 0) is 4.79 Å². The number of thioether (sulfide) groups is 1. The highest BCUT2D eigenvalue weighted by atomic mass is 127. The molecule has 2 aromatic rings. The maximum Gasteiger partial charge on any atom is 0.344 e. The average molecular weight is 467 g/mol. The summed E-state index contributed by atoms with van der Waals surface area (Å²) >= 11 is 8.26. The molecule has 0 bridgehead atoms. The van der Waals surface area contributed by atoms with Gasteiger partial charge in [-0.05, 0) is 58.5 Å². The van der Waals surface area contributed by atoms with E-state index in [4.69, 9.17) is 17.0 Å². The molecule has 1 fully saturated rings. The lowest BCUT2D eigenvalue weighted by molar-refractivity contribution is -0.115. The molecule has 1 aliphatic heterocycles. The van der Waals surface area contributed by atoms with E-state index in [2.05, 4.69) is 27.9 Å². The van der Waals surface area contributed by atoms with E-state index in [1.165, 1.54) is 11.8 Å². The molecular weight excluding hydrogens is 457 g/mol. The smallest absolute Gasteiger partial charge is 0.344 e. The third-order valence-electron chi connectivity index (χ3n) is 3.10. The topological polar surface area (TPSA) is 55.4 Å². The molecule has 0 saturated carbocycles. The van der Waals surface area contributed by atoms with E-state index in [1.54, 1.807) is 36.4 Å². The zero-order valence-electron chi connectivity index (χ0n) is 12.1. The summed E-state index contributed by atoms with van der Waals surface area (Å²) in [6.07, 6.45) is 1.71. The number of rotatable bonds is 3. The number of amides is 1. The maximum atomic E-state index is 12.3. The molecular formula is C17H10INO3S2. The van der Waals surface area contributed by atoms with Crippen molar-refractivity contribution in [2.75, 3.05) is 0 Å². The van der Waals surface area contributed by atoms with Crippen LogP contribution in [0.2, 0.25) is 0 Å². The summed E-state index contributed by atoms with van der Waals surface area (Å²) in [6.45, 7) is 0. The van der Waals surface area contributed by atoms with Crippen LogP contribution in [0.5, 0.6) is 5.75 Å². The van der Waals surface area contributed by atoms with E-state index in [0.29, 0.717) is 20.5 Å². The minimum absolute atomic E-state index is 0.216. The first-order valence-corrected chi connectivity index (χ1v) is 9.15. The molecule has 1 N–H and O–H groups in total. The fourth-order valence-electron chi connectivity index (χ4n) is 2.03. The van der Waals surface area contributed by atoms with E-state index in [1.807, 2.05) is 18.2 Å². The van der Waals surface area contributed by atoms with E-state index in [0.717, 1.165) is 9.13 Å². The highest BCUT2D eigenvalue weighted by molar-refractivity contribution is 14.1. The van der Waals surface area contributed by atoms with Gasteiger partial charge in [0.05, 0.1) is 10.5 Å². The monoisotopic (exact) mass is 467 g/mol. The summed E-state index contributed by atoms with van der Waals surface area (Å²) in [7, 11) is 0. The molecule has 3 rings (SSSR count). The van der Waals surface area contributed by atoms with Gasteiger partial charge in [0.2, 0.25) is 0 Å². The molecule has 7 heteroatoms. The van der Waals surface area contributed by atoms with E-state index in [9.17, 15) is 9.59 Å². The number of ether oxygens (including phenoxy) is 1. The number of thiocarbonyl (C=S) groups is 1. The largest absolute Gasteiger partial charge is 0.423 e. The number of esters is 1. The molecule has 4 nitrogen and oxygen atoms in total. The lowest BCUT2D eigenvalue weighted by Gasteiger charge is -2.06. The summed E-state index contributed by atoms with van der Waals surface area (Å²) in [4.78, 5) is 24.5. The summed E-state index contributed by atoms with van der Waals surface area (Å²) in [5, 5.41) is 2.56. The van der Waals surface area contributed by atoms with Crippen LogP contribution in [0.1, 0.15) is 15.9 Å². The Bertz CT molecular complexity index is 880. The molecule has 1 aliphatic rings. The quantitative estimate of drug-likeness (QED) is 0.243. The summed E-state index contributed by atoms with van der Waals surface area (Å²) in [6, 6.07) is 14.2. The molecule has 1 saturated heterocycles. The molecule has 0 spiro atoms. The van der Waals surface area contributed by atoms with Crippen LogP contribution in [0.15, 0.2) is 53.4 Å². The number of hydrogen-bond acceptors (Lipinski definition) is 5. The minimum atomic E-state index is -0.418. The number of hydrogen-bond donors (Lipinski definition) is 1. The second-order valence-corrected chi connectivity index (χ2v) is 7.68. The van der Waals surface area contributed by atoms with Crippen LogP contribution in [0, 0.1) is 3.57 Å². The normalized spacial score (nSPS) is 15.5. The first-order chi connectivity index (χ1) is 11.5. The number of halogens is 1. The third-order valence-corrected chi connectivity index (χ3v) is 5.21. The molecule has 0 unspecified atom stereocenters. The molecule has 2 aromatic carbocycles. The Balaban J connectivity index is 1.80. The van der Waals surface area contributed by atoms with Crippen molar-refractivity contribution >= 4 is 68.8 Å². The van der Waals surface area contributed by atoms with Crippen LogP contribution in [0.25, 0.3) is 6.08 Å². The number of carbonyl (C=O) groups excluding carboxylic acids is 2. The minimum Gasteiger partial charge on any atom is -0.423 e. The van der Waals surface area contributed by atoms with Gasteiger partial charge in [-0.25, -0.2) is 4.79 Å². The molecule has 1 amide bonds. The fraction of sp³-hybridized carbons (Fsp3) is 0. The van der Waals surface area contributed by atoms with Gasteiger partial charge in [0, 0.05) is 3.57 Å². The van der Waals surface area contributed by atoms with Gasteiger partial charge in [0.25, 0.3) is 5.91 Å². The van der Waals surface area contributed by atoms with Crippen LogP contribution in [0.4, 0.5) is 0 Å². The van der Waals surface area contributed by atoms with Crippen LogP contribution in [-0.4, -0.2) is 16.2 Å². The predicted molar refractivity (Wildman–Crippen MR) is 107 cm³/mol. The Kier molecular flexibility index (Phi) is 5.32.